The van der Waals surface area contributed by atoms with Crippen molar-refractivity contribution >= 4 is 11.3 Å². The fraction of sp³-hybridized carbons (Fsp3) is 0.750. The van der Waals surface area contributed by atoms with Crippen LogP contribution >= 0.6 is 11.3 Å². The molecule has 0 amide bonds. The molecule has 2 aliphatic rings. The standard InChI is InChI=1S/C16H26N2S/c1-2-16(6-8-17-9-7-16)13-18(15-3-4-15)11-14-5-10-19-12-14/h5,10,12,15,17H,2-4,6-9,11,13H2,1H3. The molecule has 1 aliphatic carbocycles. The summed E-state index contributed by atoms with van der Waals surface area (Å²) >= 11 is 1.83. The smallest absolute Gasteiger partial charge is 0.0245 e. The van der Waals surface area contributed by atoms with Crippen molar-refractivity contribution in [1.82, 2.24) is 10.2 Å². The van der Waals surface area contributed by atoms with Gasteiger partial charge in [0.1, 0.15) is 0 Å². The highest BCUT2D eigenvalue weighted by Crippen LogP contribution is 2.38. The van der Waals surface area contributed by atoms with Crippen molar-refractivity contribution < 1.29 is 0 Å². The summed E-state index contributed by atoms with van der Waals surface area (Å²) in [7, 11) is 0. The summed E-state index contributed by atoms with van der Waals surface area (Å²) in [6.07, 6.45) is 6.89. The maximum Gasteiger partial charge on any atom is 0.0245 e. The molecule has 3 heteroatoms. The van der Waals surface area contributed by atoms with Gasteiger partial charge in [0.15, 0.2) is 0 Å². The van der Waals surface area contributed by atoms with Crippen molar-refractivity contribution in [1.29, 1.82) is 0 Å². The second kappa shape index (κ2) is 5.94. The van der Waals surface area contributed by atoms with E-state index < -0.39 is 0 Å². The first-order valence-electron chi connectivity index (χ1n) is 7.77. The van der Waals surface area contributed by atoms with E-state index in [4.69, 9.17) is 0 Å². The molecule has 1 aromatic rings. The molecule has 2 nitrogen and oxygen atoms in total. The normalized spacial score (nSPS) is 22.8. The predicted molar refractivity (Wildman–Crippen MR) is 82.6 cm³/mol. The Labute approximate surface area is 121 Å². The quantitative estimate of drug-likeness (QED) is 0.857. The number of nitrogens with zero attached hydrogens (tertiary/aromatic N) is 1. The lowest BCUT2D eigenvalue weighted by Crippen LogP contribution is -2.45. The summed E-state index contributed by atoms with van der Waals surface area (Å²) in [6.45, 7) is 7.30. The van der Waals surface area contributed by atoms with E-state index in [1.54, 1.807) is 0 Å². The first kappa shape index (κ1) is 13.6. The molecular formula is C16H26N2S. The van der Waals surface area contributed by atoms with E-state index in [1.165, 1.54) is 63.8 Å². The van der Waals surface area contributed by atoms with Crippen molar-refractivity contribution in [3.05, 3.63) is 22.4 Å². The fourth-order valence-electron chi connectivity index (χ4n) is 3.38. The molecule has 0 unspecified atom stereocenters. The molecule has 1 N–H and O–H groups in total. The Morgan fingerprint density at radius 2 is 2.16 bits per heavy atom. The Balaban J connectivity index is 1.66. The van der Waals surface area contributed by atoms with Crippen LogP contribution in [0.1, 0.15) is 44.6 Å². The number of hydrogen-bond acceptors (Lipinski definition) is 3. The molecule has 19 heavy (non-hydrogen) atoms. The third kappa shape index (κ3) is 3.39. The third-order valence-corrected chi connectivity index (χ3v) is 5.71. The van der Waals surface area contributed by atoms with E-state index in [-0.39, 0.29) is 0 Å². The topological polar surface area (TPSA) is 15.3 Å². The van der Waals surface area contributed by atoms with Gasteiger partial charge in [0, 0.05) is 19.1 Å². The Morgan fingerprint density at radius 3 is 2.74 bits per heavy atom. The van der Waals surface area contributed by atoms with Crippen LogP contribution in [0.5, 0.6) is 0 Å². The van der Waals surface area contributed by atoms with Crippen molar-refractivity contribution in [2.24, 2.45) is 5.41 Å². The molecule has 1 aliphatic heterocycles. The monoisotopic (exact) mass is 278 g/mol. The highest BCUT2D eigenvalue weighted by atomic mass is 32.1. The van der Waals surface area contributed by atoms with Crippen LogP contribution in [0.25, 0.3) is 0 Å². The van der Waals surface area contributed by atoms with Crippen molar-refractivity contribution in [3.8, 4) is 0 Å². The van der Waals surface area contributed by atoms with Crippen molar-refractivity contribution in [3.63, 3.8) is 0 Å². The minimum Gasteiger partial charge on any atom is -0.317 e. The molecule has 2 heterocycles. The highest BCUT2D eigenvalue weighted by molar-refractivity contribution is 7.07. The van der Waals surface area contributed by atoms with Crippen LogP contribution in [0.15, 0.2) is 16.8 Å². The van der Waals surface area contributed by atoms with Gasteiger partial charge < -0.3 is 5.32 Å². The maximum atomic E-state index is 3.52. The van der Waals surface area contributed by atoms with Crippen LogP contribution < -0.4 is 5.32 Å². The molecule has 0 bridgehead atoms. The van der Waals surface area contributed by atoms with Crippen molar-refractivity contribution in [2.75, 3.05) is 19.6 Å². The lowest BCUT2D eigenvalue weighted by atomic mass is 9.76. The SMILES string of the molecule is CCC1(CN(Cc2ccsc2)C2CC2)CCNCC1. The summed E-state index contributed by atoms with van der Waals surface area (Å²) in [5.41, 5.74) is 2.08. The van der Waals surface area contributed by atoms with Gasteiger partial charge in [-0.1, -0.05) is 6.92 Å². The maximum absolute atomic E-state index is 3.52. The average molecular weight is 278 g/mol. The van der Waals surface area contributed by atoms with Gasteiger partial charge in [0.05, 0.1) is 0 Å². The molecule has 0 spiro atoms. The van der Waals surface area contributed by atoms with Crippen LogP contribution in [0, 0.1) is 5.41 Å². The second-order valence-corrected chi connectivity index (χ2v) is 7.15. The minimum absolute atomic E-state index is 0.573. The van der Waals surface area contributed by atoms with Crippen molar-refractivity contribution in [2.45, 2.75) is 51.6 Å². The number of rotatable bonds is 6. The lowest BCUT2D eigenvalue weighted by molar-refractivity contribution is 0.0965. The van der Waals surface area contributed by atoms with Crippen LogP contribution in [0.3, 0.4) is 0 Å². The number of piperidine rings is 1. The Morgan fingerprint density at radius 1 is 1.37 bits per heavy atom. The molecule has 0 atom stereocenters. The summed E-state index contributed by atoms with van der Waals surface area (Å²) in [5, 5.41) is 8.05. The second-order valence-electron chi connectivity index (χ2n) is 6.37. The van der Waals surface area contributed by atoms with Crippen LogP contribution in [-0.4, -0.2) is 30.6 Å². The van der Waals surface area contributed by atoms with Gasteiger partial charge in [0.2, 0.25) is 0 Å². The van der Waals surface area contributed by atoms with Gasteiger partial charge >= 0.3 is 0 Å². The molecule has 1 saturated carbocycles. The molecule has 1 aromatic heterocycles. The highest BCUT2D eigenvalue weighted by Gasteiger charge is 2.37. The summed E-state index contributed by atoms with van der Waals surface area (Å²) in [6, 6.07) is 3.17. The Kier molecular flexibility index (Phi) is 4.25. The van der Waals surface area contributed by atoms with Gasteiger partial charge in [-0.25, -0.2) is 0 Å². The van der Waals surface area contributed by atoms with E-state index >= 15 is 0 Å². The van der Waals surface area contributed by atoms with E-state index in [2.05, 4.69) is 34.0 Å². The van der Waals surface area contributed by atoms with E-state index in [0.717, 1.165) is 6.04 Å². The first-order chi connectivity index (χ1) is 9.31. The fourth-order valence-corrected chi connectivity index (χ4v) is 4.04. The summed E-state index contributed by atoms with van der Waals surface area (Å²) in [4.78, 5) is 2.77. The third-order valence-electron chi connectivity index (χ3n) is 4.98. The van der Waals surface area contributed by atoms with Gasteiger partial charge in [-0.05, 0) is 73.0 Å². The molecule has 0 radical (unpaired) electrons. The Hall–Kier alpha value is -0.380. The Bertz CT molecular complexity index is 377. The van der Waals surface area contributed by atoms with Gasteiger partial charge in [-0.2, -0.15) is 11.3 Å². The molecule has 106 valence electrons. The molecule has 0 aromatic carbocycles. The number of hydrogen-bond donors (Lipinski definition) is 1. The van der Waals surface area contributed by atoms with Crippen LogP contribution in [0.4, 0.5) is 0 Å². The first-order valence-corrected chi connectivity index (χ1v) is 8.71. The molecular weight excluding hydrogens is 252 g/mol. The summed E-state index contributed by atoms with van der Waals surface area (Å²) < 4.78 is 0. The predicted octanol–water partition coefficient (Wildman–Crippen LogP) is 3.49. The van der Waals surface area contributed by atoms with E-state index in [9.17, 15) is 0 Å². The van der Waals surface area contributed by atoms with E-state index in [1.807, 2.05) is 11.3 Å². The minimum atomic E-state index is 0.573. The lowest BCUT2D eigenvalue weighted by Gasteiger charge is -2.41. The van der Waals surface area contributed by atoms with Crippen LogP contribution in [0.2, 0.25) is 0 Å². The zero-order valence-electron chi connectivity index (χ0n) is 12.0. The van der Waals surface area contributed by atoms with Gasteiger partial charge in [-0.15, -0.1) is 0 Å². The zero-order valence-corrected chi connectivity index (χ0v) is 12.8. The largest absolute Gasteiger partial charge is 0.317 e. The molecule has 1 saturated heterocycles. The molecule has 2 fully saturated rings. The van der Waals surface area contributed by atoms with Gasteiger partial charge in [-0.3, -0.25) is 4.90 Å². The zero-order chi connectivity index (χ0) is 13.1. The summed E-state index contributed by atoms with van der Waals surface area (Å²) in [5.74, 6) is 0. The number of thiophene rings is 1. The average Bonchev–Trinajstić information content (AvgIpc) is 3.18. The molecule has 3 rings (SSSR count). The number of nitrogens with one attached hydrogen (secondary N) is 1. The van der Waals surface area contributed by atoms with E-state index in [0.29, 0.717) is 5.41 Å². The van der Waals surface area contributed by atoms with Gasteiger partial charge in [0.25, 0.3) is 0 Å². The van der Waals surface area contributed by atoms with Crippen LogP contribution in [-0.2, 0) is 6.54 Å².